The molecule has 1 saturated heterocycles. The fourth-order valence-corrected chi connectivity index (χ4v) is 5.17. The van der Waals surface area contributed by atoms with Crippen LogP contribution in [0.3, 0.4) is 0 Å². The van der Waals surface area contributed by atoms with Gasteiger partial charge in [-0.25, -0.2) is 19.9 Å². The number of H-pyrrole nitrogens is 2. The van der Waals surface area contributed by atoms with Gasteiger partial charge in [-0.05, 0) is 55.0 Å². The number of nitrogens with zero attached hydrogens (tertiary/aromatic N) is 6. The summed E-state index contributed by atoms with van der Waals surface area (Å²) in [7, 11) is 0. The van der Waals surface area contributed by atoms with Gasteiger partial charge < -0.3 is 19.8 Å². The van der Waals surface area contributed by atoms with Gasteiger partial charge in [0.15, 0.2) is 11.6 Å². The smallest absolute Gasteiger partial charge is 0.272 e. The number of amides is 2. The molecule has 7 rings (SSSR count). The number of carbonyl (C=O) groups is 2. The molecule has 0 bridgehead atoms. The Hall–Kier alpha value is -5.38. The normalized spacial score (nSPS) is 14.0. The maximum absolute atomic E-state index is 13.4. The number of para-hydroxylation sites is 4. The first-order valence-electron chi connectivity index (χ1n) is 13.6. The van der Waals surface area contributed by atoms with Crippen molar-refractivity contribution in [2.24, 2.45) is 0 Å². The minimum absolute atomic E-state index is 0.165. The van der Waals surface area contributed by atoms with Crippen LogP contribution in [0, 0.1) is 0 Å². The van der Waals surface area contributed by atoms with Crippen molar-refractivity contribution in [1.82, 2.24) is 39.7 Å². The molecule has 41 heavy (non-hydrogen) atoms. The molecule has 0 saturated carbocycles. The summed E-state index contributed by atoms with van der Waals surface area (Å²) in [6, 6.07) is 26.3. The van der Waals surface area contributed by atoms with Crippen molar-refractivity contribution in [3.63, 3.8) is 0 Å². The highest BCUT2D eigenvalue weighted by atomic mass is 16.2. The first-order valence-corrected chi connectivity index (χ1v) is 13.6. The molecule has 1 aliphatic heterocycles. The van der Waals surface area contributed by atoms with Gasteiger partial charge in [0, 0.05) is 26.2 Å². The number of nitrogens with one attached hydrogen (secondary N) is 2. The predicted molar refractivity (Wildman–Crippen MR) is 155 cm³/mol. The highest BCUT2D eigenvalue weighted by Gasteiger charge is 2.25. The van der Waals surface area contributed by atoms with Crippen LogP contribution in [0.2, 0.25) is 0 Å². The molecule has 6 aromatic rings. The summed E-state index contributed by atoms with van der Waals surface area (Å²) in [5.74, 6) is 0.904. The van der Waals surface area contributed by atoms with Gasteiger partial charge in [-0.1, -0.05) is 36.4 Å². The SMILES string of the molecule is O=C(c1cccc(-c2nc3ccccc3[nH]2)n1)N1CCCN(C(=O)c2cccc(-c3nc4ccccc4[nH]3)n2)CC1. The summed E-state index contributed by atoms with van der Waals surface area (Å²) in [5, 5.41) is 0. The monoisotopic (exact) mass is 542 g/mol. The molecular formula is C31H26N8O2. The van der Waals surface area contributed by atoms with Gasteiger partial charge in [-0.15, -0.1) is 0 Å². The fraction of sp³-hybridized carbons (Fsp3) is 0.161. The average molecular weight is 543 g/mol. The van der Waals surface area contributed by atoms with E-state index in [0.717, 1.165) is 22.1 Å². The van der Waals surface area contributed by atoms with Gasteiger partial charge in [-0.2, -0.15) is 0 Å². The lowest BCUT2D eigenvalue weighted by atomic mass is 10.2. The number of pyridine rings is 2. The van der Waals surface area contributed by atoms with Crippen molar-refractivity contribution < 1.29 is 9.59 Å². The van der Waals surface area contributed by atoms with Crippen LogP contribution < -0.4 is 0 Å². The van der Waals surface area contributed by atoms with E-state index in [9.17, 15) is 9.59 Å². The molecule has 0 radical (unpaired) electrons. The Kier molecular flexibility index (Phi) is 6.19. The Balaban J connectivity index is 1.05. The molecule has 0 spiro atoms. The van der Waals surface area contributed by atoms with Crippen LogP contribution >= 0.6 is 0 Å². The summed E-state index contributed by atoms with van der Waals surface area (Å²) in [4.78, 5) is 55.4. The Morgan fingerprint density at radius 2 is 1.00 bits per heavy atom. The van der Waals surface area contributed by atoms with E-state index in [1.807, 2.05) is 72.8 Å². The van der Waals surface area contributed by atoms with Crippen LogP contribution in [-0.4, -0.2) is 77.7 Å². The van der Waals surface area contributed by atoms with E-state index in [-0.39, 0.29) is 11.8 Å². The molecule has 202 valence electrons. The van der Waals surface area contributed by atoms with Gasteiger partial charge in [0.1, 0.15) is 22.8 Å². The molecule has 1 aliphatic rings. The summed E-state index contributed by atoms with van der Waals surface area (Å²) in [5.41, 5.74) is 5.42. The standard InChI is InChI=1S/C31H26N8O2/c40-30(26-14-5-12-24(32-26)28-34-20-8-1-2-9-21(20)35-28)38-16-7-17-39(19-18-38)31(41)27-15-6-13-25(33-27)29-36-22-10-3-4-11-23(22)37-29/h1-6,8-15H,7,16-19H2,(H,34,35)(H,36,37). The van der Waals surface area contributed by atoms with Crippen LogP contribution in [0.25, 0.3) is 45.1 Å². The Morgan fingerprint density at radius 1 is 0.537 bits per heavy atom. The maximum atomic E-state index is 13.4. The van der Waals surface area contributed by atoms with E-state index < -0.39 is 0 Å². The van der Waals surface area contributed by atoms with Gasteiger partial charge in [0.2, 0.25) is 0 Å². The highest BCUT2D eigenvalue weighted by molar-refractivity contribution is 5.94. The summed E-state index contributed by atoms with van der Waals surface area (Å²) < 4.78 is 0. The third-order valence-corrected chi connectivity index (χ3v) is 7.27. The Labute approximate surface area is 235 Å². The maximum Gasteiger partial charge on any atom is 0.272 e. The molecule has 2 aromatic carbocycles. The molecule has 0 unspecified atom stereocenters. The van der Waals surface area contributed by atoms with Gasteiger partial charge in [-0.3, -0.25) is 9.59 Å². The first kappa shape index (κ1) is 24.6. The third kappa shape index (κ3) is 4.80. The van der Waals surface area contributed by atoms with Crippen LogP contribution in [0.4, 0.5) is 0 Å². The van der Waals surface area contributed by atoms with Gasteiger partial charge >= 0.3 is 0 Å². The zero-order chi connectivity index (χ0) is 27.8. The lowest BCUT2D eigenvalue weighted by Crippen LogP contribution is -2.38. The number of carbonyl (C=O) groups excluding carboxylic acids is 2. The van der Waals surface area contributed by atoms with E-state index in [1.54, 1.807) is 21.9 Å². The molecule has 0 aliphatic carbocycles. The van der Waals surface area contributed by atoms with E-state index >= 15 is 0 Å². The molecule has 1 fully saturated rings. The molecule has 10 heteroatoms. The molecule has 5 heterocycles. The lowest BCUT2D eigenvalue weighted by Gasteiger charge is -2.22. The van der Waals surface area contributed by atoms with Gasteiger partial charge in [0.25, 0.3) is 11.8 Å². The zero-order valence-corrected chi connectivity index (χ0v) is 22.1. The van der Waals surface area contributed by atoms with Crippen molar-refractivity contribution in [3.05, 3.63) is 96.3 Å². The minimum atomic E-state index is -0.165. The number of hydrogen-bond acceptors (Lipinski definition) is 6. The second kappa shape index (κ2) is 10.3. The number of hydrogen-bond donors (Lipinski definition) is 2. The average Bonchev–Trinajstić information content (AvgIpc) is 3.58. The van der Waals surface area contributed by atoms with Crippen LogP contribution in [0.15, 0.2) is 84.9 Å². The molecular weight excluding hydrogens is 516 g/mol. The molecule has 2 N–H and O–H groups in total. The minimum Gasteiger partial charge on any atom is -0.337 e. The number of benzene rings is 2. The molecule has 2 amide bonds. The fourth-order valence-electron chi connectivity index (χ4n) is 5.17. The van der Waals surface area contributed by atoms with Crippen LogP contribution in [0.5, 0.6) is 0 Å². The van der Waals surface area contributed by atoms with E-state index in [2.05, 4.69) is 29.9 Å². The third-order valence-electron chi connectivity index (χ3n) is 7.27. The second-order valence-corrected chi connectivity index (χ2v) is 9.96. The van der Waals surface area contributed by atoms with Crippen molar-refractivity contribution >= 4 is 33.9 Å². The summed E-state index contributed by atoms with van der Waals surface area (Å²) in [6.07, 6.45) is 0.657. The van der Waals surface area contributed by atoms with Gasteiger partial charge in [0.05, 0.1) is 22.1 Å². The second-order valence-electron chi connectivity index (χ2n) is 9.96. The van der Waals surface area contributed by atoms with E-state index in [4.69, 9.17) is 0 Å². The molecule has 0 atom stereocenters. The Bertz CT molecular complexity index is 1710. The molecule has 10 nitrogen and oxygen atoms in total. The predicted octanol–water partition coefficient (Wildman–Crippen LogP) is 4.55. The quantitative estimate of drug-likeness (QED) is 0.337. The zero-order valence-electron chi connectivity index (χ0n) is 22.1. The van der Waals surface area contributed by atoms with E-state index in [1.165, 1.54) is 0 Å². The topological polar surface area (TPSA) is 124 Å². The van der Waals surface area contributed by atoms with Crippen molar-refractivity contribution in [2.45, 2.75) is 6.42 Å². The largest absolute Gasteiger partial charge is 0.337 e. The summed E-state index contributed by atoms with van der Waals surface area (Å²) in [6.45, 7) is 1.88. The first-order chi connectivity index (χ1) is 20.1. The summed E-state index contributed by atoms with van der Waals surface area (Å²) >= 11 is 0. The van der Waals surface area contributed by atoms with Crippen LogP contribution in [-0.2, 0) is 0 Å². The van der Waals surface area contributed by atoms with Crippen molar-refractivity contribution in [2.75, 3.05) is 26.2 Å². The van der Waals surface area contributed by atoms with Crippen molar-refractivity contribution in [3.8, 4) is 23.0 Å². The number of rotatable bonds is 4. The number of imidazole rings is 2. The molecule has 4 aromatic heterocycles. The number of aromatic amines is 2. The highest BCUT2D eigenvalue weighted by Crippen LogP contribution is 2.21. The number of aromatic nitrogens is 6. The van der Waals surface area contributed by atoms with Crippen molar-refractivity contribution in [1.29, 1.82) is 0 Å². The number of fused-ring (bicyclic) bond motifs is 2. The van der Waals surface area contributed by atoms with E-state index in [0.29, 0.717) is 67.0 Å². The Morgan fingerprint density at radius 3 is 1.46 bits per heavy atom. The lowest BCUT2D eigenvalue weighted by molar-refractivity contribution is 0.0713. The van der Waals surface area contributed by atoms with Crippen LogP contribution in [0.1, 0.15) is 27.4 Å².